The van der Waals surface area contributed by atoms with Gasteiger partial charge in [0.25, 0.3) is 5.91 Å². The van der Waals surface area contributed by atoms with Crippen LogP contribution in [0, 0.1) is 13.8 Å². The van der Waals surface area contributed by atoms with Gasteiger partial charge >= 0.3 is 0 Å². The number of anilines is 1. The molecule has 0 fully saturated rings. The van der Waals surface area contributed by atoms with E-state index in [4.69, 9.17) is 0 Å². The summed E-state index contributed by atoms with van der Waals surface area (Å²) in [5.74, 6) is 0.681. The highest BCUT2D eigenvalue weighted by Crippen LogP contribution is 2.27. The van der Waals surface area contributed by atoms with Crippen LogP contribution in [0.1, 0.15) is 27.2 Å². The summed E-state index contributed by atoms with van der Waals surface area (Å²) in [5.41, 5.74) is 6.66. The van der Waals surface area contributed by atoms with Crippen LogP contribution in [0.3, 0.4) is 0 Å². The number of hydrogen-bond donors (Lipinski definition) is 1. The normalized spacial score (nSPS) is 10.6. The highest BCUT2D eigenvalue weighted by molar-refractivity contribution is 7.98. The Morgan fingerprint density at radius 3 is 2.79 bits per heavy atom. The van der Waals surface area contributed by atoms with Crippen LogP contribution in [0.15, 0.2) is 58.3 Å². The molecule has 3 rings (SSSR count). The van der Waals surface area contributed by atoms with Gasteiger partial charge < -0.3 is 5.32 Å². The number of amides is 1. The number of aryl methyl sites for hydroxylation is 2. The van der Waals surface area contributed by atoms with E-state index in [1.807, 2.05) is 61.1 Å². The summed E-state index contributed by atoms with van der Waals surface area (Å²) >= 11 is 3.22. The van der Waals surface area contributed by atoms with Gasteiger partial charge in [0.1, 0.15) is 0 Å². The third-order valence-electron chi connectivity index (χ3n) is 3.62. The second-order valence-electron chi connectivity index (χ2n) is 5.54. The molecule has 0 bridgehead atoms. The zero-order chi connectivity index (χ0) is 16.9. The van der Waals surface area contributed by atoms with E-state index in [-0.39, 0.29) is 5.91 Å². The largest absolute Gasteiger partial charge is 0.322 e. The lowest BCUT2D eigenvalue weighted by Gasteiger charge is -2.12. The van der Waals surface area contributed by atoms with Crippen LogP contribution in [0.4, 0.5) is 5.69 Å². The summed E-state index contributed by atoms with van der Waals surface area (Å²) in [4.78, 5) is 18.0. The van der Waals surface area contributed by atoms with Crippen molar-refractivity contribution in [3.8, 4) is 0 Å². The average molecular weight is 355 g/mol. The molecule has 2 aromatic carbocycles. The molecule has 1 aromatic heterocycles. The van der Waals surface area contributed by atoms with Crippen LogP contribution in [0.2, 0.25) is 0 Å². The van der Waals surface area contributed by atoms with Crippen molar-refractivity contribution in [1.82, 2.24) is 4.98 Å². The summed E-state index contributed by atoms with van der Waals surface area (Å²) in [6, 6.07) is 13.7. The highest BCUT2D eigenvalue weighted by atomic mass is 32.2. The maximum absolute atomic E-state index is 12.7. The van der Waals surface area contributed by atoms with E-state index in [2.05, 4.69) is 16.4 Å². The topological polar surface area (TPSA) is 42.0 Å². The highest BCUT2D eigenvalue weighted by Gasteiger charge is 2.13. The van der Waals surface area contributed by atoms with Gasteiger partial charge in [0.2, 0.25) is 0 Å². The molecule has 1 N–H and O–H groups in total. The number of carbonyl (C=O) groups excluding carboxylic acids is 1. The standard InChI is InChI=1S/C19H18N2OS2/c1-13-7-8-17(14(2)9-13)21-19(22)16-5-3-4-6-18(16)24-11-15-10-23-12-20-15/h3-10,12H,11H2,1-2H3,(H,21,22). The Morgan fingerprint density at radius 1 is 1.21 bits per heavy atom. The fraction of sp³-hybridized carbons (Fsp3) is 0.158. The molecule has 1 heterocycles. The predicted octanol–water partition coefficient (Wildman–Crippen LogP) is 5.30. The Kier molecular flexibility index (Phi) is 5.33. The van der Waals surface area contributed by atoms with E-state index in [1.54, 1.807) is 23.1 Å². The molecule has 0 saturated carbocycles. The van der Waals surface area contributed by atoms with Crippen LogP contribution < -0.4 is 5.32 Å². The van der Waals surface area contributed by atoms with E-state index >= 15 is 0 Å². The molecule has 3 aromatic rings. The minimum atomic E-state index is -0.0802. The molecule has 0 aliphatic heterocycles. The van der Waals surface area contributed by atoms with Gasteiger partial charge in [0, 0.05) is 21.7 Å². The quantitative estimate of drug-likeness (QED) is 0.632. The molecule has 0 saturated heterocycles. The SMILES string of the molecule is Cc1ccc(NC(=O)c2ccccc2SCc2cscn2)c(C)c1. The van der Waals surface area contributed by atoms with Crippen LogP contribution in [0.25, 0.3) is 0 Å². The first kappa shape index (κ1) is 16.7. The van der Waals surface area contributed by atoms with Crippen molar-refractivity contribution >= 4 is 34.7 Å². The predicted molar refractivity (Wildman–Crippen MR) is 102 cm³/mol. The number of hydrogen-bond acceptors (Lipinski definition) is 4. The Hall–Kier alpha value is -2.11. The maximum Gasteiger partial charge on any atom is 0.256 e. The van der Waals surface area contributed by atoms with Crippen molar-refractivity contribution < 1.29 is 4.79 Å². The van der Waals surface area contributed by atoms with Crippen LogP contribution >= 0.6 is 23.1 Å². The smallest absolute Gasteiger partial charge is 0.256 e. The zero-order valence-corrected chi connectivity index (χ0v) is 15.2. The molecule has 0 aliphatic rings. The molecule has 1 amide bonds. The van der Waals surface area contributed by atoms with Gasteiger partial charge in [-0.25, -0.2) is 4.98 Å². The van der Waals surface area contributed by atoms with Gasteiger partial charge in [-0.1, -0.05) is 29.8 Å². The lowest BCUT2D eigenvalue weighted by molar-refractivity contribution is 0.102. The first-order chi connectivity index (χ1) is 11.6. The number of nitrogens with one attached hydrogen (secondary N) is 1. The van der Waals surface area contributed by atoms with Crippen molar-refractivity contribution in [1.29, 1.82) is 0 Å². The summed E-state index contributed by atoms with van der Waals surface area (Å²) in [7, 11) is 0. The Bertz CT molecular complexity index is 844. The lowest BCUT2D eigenvalue weighted by Crippen LogP contribution is -2.13. The van der Waals surface area contributed by atoms with E-state index in [1.165, 1.54) is 5.56 Å². The average Bonchev–Trinajstić information content (AvgIpc) is 3.09. The van der Waals surface area contributed by atoms with Crippen LogP contribution in [-0.2, 0) is 5.75 Å². The van der Waals surface area contributed by atoms with Gasteiger partial charge in [0.05, 0.1) is 16.8 Å². The molecular formula is C19H18N2OS2. The first-order valence-corrected chi connectivity index (χ1v) is 9.54. The minimum absolute atomic E-state index is 0.0802. The molecule has 122 valence electrons. The number of nitrogens with zero attached hydrogens (tertiary/aromatic N) is 1. The van der Waals surface area contributed by atoms with Crippen molar-refractivity contribution in [2.75, 3.05) is 5.32 Å². The molecule has 24 heavy (non-hydrogen) atoms. The number of benzene rings is 2. The third-order valence-corrected chi connectivity index (χ3v) is 5.36. The van der Waals surface area contributed by atoms with Gasteiger partial charge in [0.15, 0.2) is 0 Å². The molecule has 0 unspecified atom stereocenters. The van der Waals surface area contributed by atoms with Crippen LogP contribution in [-0.4, -0.2) is 10.9 Å². The Labute approximate surface area is 150 Å². The number of thioether (sulfide) groups is 1. The monoisotopic (exact) mass is 354 g/mol. The lowest BCUT2D eigenvalue weighted by atomic mass is 10.1. The molecule has 5 heteroatoms. The van der Waals surface area contributed by atoms with Crippen molar-refractivity contribution in [2.24, 2.45) is 0 Å². The van der Waals surface area contributed by atoms with Crippen LogP contribution in [0.5, 0.6) is 0 Å². The van der Waals surface area contributed by atoms with E-state index in [0.29, 0.717) is 5.56 Å². The summed E-state index contributed by atoms with van der Waals surface area (Å²) in [6.45, 7) is 4.05. The van der Waals surface area contributed by atoms with Crippen molar-refractivity contribution in [3.63, 3.8) is 0 Å². The first-order valence-electron chi connectivity index (χ1n) is 7.61. The van der Waals surface area contributed by atoms with E-state index in [9.17, 15) is 4.79 Å². The van der Waals surface area contributed by atoms with Gasteiger partial charge in [-0.3, -0.25) is 4.79 Å². The third kappa shape index (κ3) is 4.04. The molecule has 3 nitrogen and oxygen atoms in total. The number of aromatic nitrogens is 1. The van der Waals surface area contributed by atoms with E-state index in [0.717, 1.165) is 27.6 Å². The maximum atomic E-state index is 12.7. The number of thiazole rings is 1. The fourth-order valence-corrected chi connectivity index (χ4v) is 4.00. The second kappa shape index (κ2) is 7.64. The Balaban J connectivity index is 1.77. The number of carbonyl (C=O) groups is 1. The van der Waals surface area contributed by atoms with Crippen molar-refractivity contribution in [2.45, 2.75) is 24.5 Å². The second-order valence-corrected chi connectivity index (χ2v) is 7.27. The number of rotatable bonds is 5. The molecular weight excluding hydrogens is 336 g/mol. The zero-order valence-electron chi connectivity index (χ0n) is 13.6. The summed E-state index contributed by atoms with van der Waals surface area (Å²) in [6.07, 6.45) is 0. The molecule has 0 aliphatic carbocycles. The van der Waals surface area contributed by atoms with Gasteiger partial charge in [-0.2, -0.15) is 0 Å². The summed E-state index contributed by atoms with van der Waals surface area (Å²) < 4.78 is 0. The molecule has 0 atom stereocenters. The Morgan fingerprint density at radius 2 is 2.04 bits per heavy atom. The minimum Gasteiger partial charge on any atom is -0.322 e. The fourth-order valence-electron chi connectivity index (χ4n) is 2.38. The molecule has 0 spiro atoms. The molecule has 0 radical (unpaired) electrons. The van der Waals surface area contributed by atoms with Crippen molar-refractivity contribution in [3.05, 3.63) is 75.7 Å². The van der Waals surface area contributed by atoms with Gasteiger partial charge in [-0.05, 0) is 37.6 Å². The summed E-state index contributed by atoms with van der Waals surface area (Å²) in [5, 5.41) is 5.05. The van der Waals surface area contributed by atoms with Gasteiger partial charge in [-0.15, -0.1) is 23.1 Å². The van der Waals surface area contributed by atoms with E-state index < -0.39 is 0 Å².